The summed E-state index contributed by atoms with van der Waals surface area (Å²) >= 11 is 0. The van der Waals surface area contributed by atoms with Crippen molar-refractivity contribution in [1.29, 1.82) is 0 Å². The van der Waals surface area contributed by atoms with Crippen LogP contribution in [0.15, 0.2) is 52.9 Å². The number of piperidine rings is 1. The van der Waals surface area contributed by atoms with Crippen LogP contribution < -0.4 is 20.9 Å². The summed E-state index contributed by atoms with van der Waals surface area (Å²) in [5.41, 5.74) is 3.51. The number of hydrogen-bond donors (Lipinski definition) is 3. The lowest BCUT2D eigenvalue weighted by atomic mass is 10.1. The smallest absolute Gasteiger partial charge is 0.259 e. The number of allylic oxidation sites excluding steroid dienone is 1. The third-order valence-corrected chi connectivity index (χ3v) is 7.72. The molecule has 2 saturated heterocycles. The number of aliphatic imine (C=N–C) groups is 1. The average molecular weight is 489 g/mol. The van der Waals surface area contributed by atoms with Crippen molar-refractivity contribution in [3.8, 4) is 0 Å². The molecule has 1 aromatic rings. The minimum atomic E-state index is -0.273. The van der Waals surface area contributed by atoms with Gasteiger partial charge in [-0.3, -0.25) is 9.59 Å². The normalized spacial score (nSPS) is 26.1. The highest BCUT2D eigenvalue weighted by Crippen LogP contribution is 2.38. The number of nitrogens with one attached hydrogen (secondary N) is 3. The molecule has 9 heteroatoms. The number of amides is 2. The maximum Gasteiger partial charge on any atom is 0.259 e. The van der Waals surface area contributed by atoms with Crippen LogP contribution in [0.25, 0.3) is 0 Å². The number of carbonyl (C=O) groups is 2. The van der Waals surface area contributed by atoms with E-state index in [9.17, 15) is 9.59 Å². The minimum absolute atomic E-state index is 0.116. The Morgan fingerprint density at radius 2 is 2.11 bits per heavy atom. The fourth-order valence-electron chi connectivity index (χ4n) is 5.93. The molecule has 1 saturated carbocycles. The molecule has 9 nitrogen and oxygen atoms in total. The number of morpholine rings is 1. The molecule has 3 fully saturated rings. The van der Waals surface area contributed by atoms with Gasteiger partial charge in [-0.1, -0.05) is 6.08 Å². The standard InChI is InChI=1S/C27H32N6O3/c1-2-3-20(25-28-7-6-24(31-25)33-16-17-4-5-19(33)12-17)27(35)30-22-14-21-18(15-29-26(21)34)13-23(22)32-8-10-36-11-9-32/h2-3,6-7,13-14,17,19,28H,4-5,8-12,15-16H2,1H3,(H,29,34)(H,30,35)/b3-2-,25-20-. The van der Waals surface area contributed by atoms with E-state index in [0.717, 1.165) is 42.6 Å². The summed E-state index contributed by atoms with van der Waals surface area (Å²) in [6.45, 7) is 6.12. The van der Waals surface area contributed by atoms with Gasteiger partial charge in [-0.2, -0.15) is 0 Å². The second kappa shape index (κ2) is 9.46. The lowest BCUT2D eigenvalue weighted by molar-refractivity contribution is -0.112. The number of amidine groups is 1. The quantitative estimate of drug-likeness (QED) is 0.564. The third kappa shape index (κ3) is 4.17. The predicted octanol–water partition coefficient (Wildman–Crippen LogP) is 2.49. The Kier molecular flexibility index (Phi) is 6.00. The monoisotopic (exact) mass is 488 g/mol. The number of hydrogen-bond acceptors (Lipinski definition) is 7. The average Bonchev–Trinajstić information content (AvgIpc) is 3.64. The summed E-state index contributed by atoms with van der Waals surface area (Å²) in [5.74, 6) is 1.80. The van der Waals surface area contributed by atoms with Gasteiger partial charge in [0.05, 0.1) is 30.2 Å². The zero-order chi connectivity index (χ0) is 24.6. The van der Waals surface area contributed by atoms with Gasteiger partial charge in [-0.05, 0) is 62.0 Å². The van der Waals surface area contributed by atoms with Crippen molar-refractivity contribution in [3.63, 3.8) is 0 Å². The van der Waals surface area contributed by atoms with Gasteiger partial charge in [-0.15, -0.1) is 0 Å². The molecule has 1 aliphatic carbocycles. The van der Waals surface area contributed by atoms with Crippen LogP contribution in [0.3, 0.4) is 0 Å². The molecular formula is C27H32N6O3. The maximum absolute atomic E-state index is 13.7. The maximum atomic E-state index is 13.7. The summed E-state index contributed by atoms with van der Waals surface area (Å²) < 4.78 is 5.53. The zero-order valence-electron chi connectivity index (χ0n) is 20.5. The highest BCUT2D eigenvalue weighted by atomic mass is 16.5. The second-order valence-corrected chi connectivity index (χ2v) is 9.96. The molecule has 0 aromatic heterocycles. The lowest BCUT2D eigenvalue weighted by Crippen LogP contribution is -2.38. The Hall–Kier alpha value is -3.59. The third-order valence-electron chi connectivity index (χ3n) is 7.72. The van der Waals surface area contributed by atoms with Crippen LogP contribution in [0.5, 0.6) is 0 Å². The van der Waals surface area contributed by atoms with Crippen LogP contribution in [-0.4, -0.2) is 61.4 Å². The Balaban J connectivity index is 1.32. The number of nitrogens with zero attached hydrogens (tertiary/aromatic N) is 3. The number of likely N-dealkylation sites (tertiary alicyclic amines) is 1. The predicted molar refractivity (Wildman–Crippen MR) is 139 cm³/mol. The molecule has 4 heterocycles. The number of fused-ring (bicyclic) bond motifs is 3. The van der Waals surface area contributed by atoms with Crippen molar-refractivity contribution in [3.05, 3.63) is 59.1 Å². The van der Waals surface area contributed by atoms with Gasteiger partial charge in [-0.25, -0.2) is 4.99 Å². The van der Waals surface area contributed by atoms with Crippen molar-refractivity contribution in [1.82, 2.24) is 15.5 Å². The first kappa shape index (κ1) is 22.8. The molecule has 1 aromatic carbocycles. The highest BCUT2D eigenvalue weighted by molar-refractivity contribution is 6.10. The molecule has 0 radical (unpaired) electrons. The van der Waals surface area contributed by atoms with Crippen molar-refractivity contribution >= 4 is 29.0 Å². The SMILES string of the molecule is C/C=C\C(C(=O)Nc1cc2c(cc1N1CCOCC1)CNC2=O)=C1\N=C(N2CC3CCC2C3)C=CN1. The molecule has 0 spiro atoms. The lowest BCUT2D eigenvalue weighted by Gasteiger charge is -2.31. The van der Waals surface area contributed by atoms with Crippen molar-refractivity contribution < 1.29 is 14.3 Å². The van der Waals surface area contributed by atoms with E-state index in [2.05, 4.69) is 25.8 Å². The van der Waals surface area contributed by atoms with Gasteiger partial charge >= 0.3 is 0 Å². The first-order valence-electron chi connectivity index (χ1n) is 12.8. The molecule has 2 unspecified atom stereocenters. The summed E-state index contributed by atoms with van der Waals surface area (Å²) in [7, 11) is 0. The van der Waals surface area contributed by atoms with Gasteiger partial charge in [0.25, 0.3) is 11.8 Å². The topological polar surface area (TPSA) is 98.3 Å². The van der Waals surface area contributed by atoms with E-state index in [1.165, 1.54) is 19.3 Å². The van der Waals surface area contributed by atoms with E-state index in [4.69, 9.17) is 9.73 Å². The van der Waals surface area contributed by atoms with Gasteiger partial charge in [0.1, 0.15) is 11.7 Å². The number of ether oxygens (including phenoxy) is 1. The summed E-state index contributed by atoms with van der Waals surface area (Å²) in [6, 6.07) is 4.35. The van der Waals surface area contributed by atoms with E-state index >= 15 is 0 Å². The Morgan fingerprint density at radius 1 is 1.25 bits per heavy atom. The fraction of sp³-hybridized carbons (Fsp3) is 0.444. The first-order valence-corrected chi connectivity index (χ1v) is 12.8. The van der Waals surface area contributed by atoms with Gasteiger partial charge in [0, 0.05) is 44.0 Å². The number of carbonyl (C=O) groups excluding carboxylic acids is 2. The molecule has 3 N–H and O–H groups in total. The molecule has 188 valence electrons. The molecule has 5 aliphatic rings. The summed E-state index contributed by atoms with van der Waals surface area (Å²) in [4.78, 5) is 35.5. The Labute approximate surface area is 210 Å². The Bertz CT molecular complexity index is 1210. The van der Waals surface area contributed by atoms with E-state index in [0.29, 0.717) is 48.4 Å². The van der Waals surface area contributed by atoms with Crippen molar-refractivity contribution in [2.75, 3.05) is 43.1 Å². The molecular weight excluding hydrogens is 456 g/mol. The van der Waals surface area contributed by atoms with Crippen molar-refractivity contribution in [2.24, 2.45) is 10.9 Å². The van der Waals surface area contributed by atoms with Crippen LogP contribution >= 0.6 is 0 Å². The Morgan fingerprint density at radius 3 is 2.86 bits per heavy atom. The zero-order valence-corrected chi connectivity index (χ0v) is 20.5. The number of benzene rings is 1. The van der Waals surface area contributed by atoms with E-state index in [-0.39, 0.29) is 11.8 Å². The molecule has 2 amide bonds. The molecule has 4 aliphatic heterocycles. The number of rotatable bonds is 4. The number of anilines is 2. The van der Waals surface area contributed by atoms with E-state index in [1.54, 1.807) is 12.1 Å². The van der Waals surface area contributed by atoms with Gasteiger partial charge in [0.15, 0.2) is 0 Å². The second-order valence-electron chi connectivity index (χ2n) is 9.96. The van der Waals surface area contributed by atoms with Crippen LogP contribution in [-0.2, 0) is 16.1 Å². The first-order chi connectivity index (χ1) is 17.6. The van der Waals surface area contributed by atoms with Crippen LogP contribution in [0.2, 0.25) is 0 Å². The van der Waals surface area contributed by atoms with Crippen LogP contribution in [0, 0.1) is 5.92 Å². The molecule has 6 rings (SSSR count). The molecule has 2 bridgehead atoms. The highest BCUT2D eigenvalue weighted by Gasteiger charge is 2.39. The van der Waals surface area contributed by atoms with Crippen LogP contribution in [0.4, 0.5) is 11.4 Å². The summed E-state index contributed by atoms with van der Waals surface area (Å²) in [6.07, 6.45) is 11.2. The van der Waals surface area contributed by atoms with Crippen molar-refractivity contribution in [2.45, 2.75) is 38.8 Å². The minimum Gasteiger partial charge on any atom is -0.378 e. The van der Waals surface area contributed by atoms with Gasteiger partial charge in [0.2, 0.25) is 0 Å². The summed E-state index contributed by atoms with van der Waals surface area (Å²) in [5, 5.41) is 9.15. The molecule has 2 atom stereocenters. The van der Waals surface area contributed by atoms with Crippen LogP contribution in [0.1, 0.15) is 42.1 Å². The fourth-order valence-corrected chi connectivity index (χ4v) is 5.93. The van der Waals surface area contributed by atoms with E-state index < -0.39 is 0 Å². The van der Waals surface area contributed by atoms with Gasteiger partial charge < -0.3 is 30.5 Å². The molecule has 36 heavy (non-hydrogen) atoms. The largest absolute Gasteiger partial charge is 0.378 e. The van der Waals surface area contributed by atoms with E-state index in [1.807, 2.05) is 31.3 Å².